The normalized spacial score (nSPS) is 18.8. The van der Waals surface area contributed by atoms with Crippen LogP contribution in [0.5, 0.6) is 5.75 Å². The van der Waals surface area contributed by atoms with E-state index in [0.29, 0.717) is 55.5 Å². The Hall–Kier alpha value is -3.07. The molecule has 1 atom stereocenters. The maximum Gasteiger partial charge on any atom is 0.258 e. The van der Waals surface area contributed by atoms with E-state index < -0.39 is 6.04 Å². The van der Waals surface area contributed by atoms with E-state index in [1.807, 2.05) is 21.8 Å². The highest BCUT2D eigenvalue weighted by molar-refractivity contribution is 6.31. The third-order valence-electron chi connectivity index (χ3n) is 6.75. The minimum atomic E-state index is -0.645. The molecule has 1 aliphatic rings. The molecule has 202 valence electrons. The lowest BCUT2D eigenvalue weighted by atomic mass is 10.1. The van der Waals surface area contributed by atoms with E-state index in [2.05, 4.69) is 5.10 Å². The molecule has 0 bridgehead atoms. The molecule has 0 aliphatic carbocycles. The topological polar surface area (TPSA) is 88.0 Å². The van der Waals surface area contributed by atoms with Crippen LogP contribution in [0.4, 0.5) is 0 Å². The number of aryl methyl sites for hydroxylation is 1. The van der Waals surface area contributed by atoms with Gasteiger partial charge in [0.15, 0.2) is 0 Å². The Bertz CT molecular complexity index is 1050. The van der Waals surface area contributed by atoms with Crippen molar-refractivity contribution in [1.82, 2.24) is 24.5 Å². The second-order valence-electron chi connectivity index (χ2n) is 9.51. The van der Waals surface area contributed by atoms with Crippen LogP contribution in [0, 0.1) is 0 Å². The van der Waals surface area contributed by atoms with Crippen molar-refractivity contribution in [3.63, 3.8) is 0 Å². The van der Waals surface area contributed by atoms with Gasteiger partial charge in [0, 0.05) is 64.1 Å². The molecule has 0 spiro atoms. The van der Waals surface area contributed by atoms with Crippen LogP contribution in [0.1, 0.15) is 55.8 Å². The lowest BCUT2D eigenvalue weighted by Gasteiger charge is -2.29. The molecule has 0 fully saturated rings. The van der Waals surface area contributed by atoms with Gasteiger partial charge in [-0.25, -0.2) is 0 Å². The Morgan fingerprint density at radius 2 is 1.84 bits per heavy atom. The van der Waals surface area contributed by atoms with Gasteiger partial charge in [0.25, 0.3) is 5.91 Å². The number of aromatic nitrogens is 2. The number of ether oxygens (including phenoxy) is 1. The Balaban J connectivity index is 1.69. The van der Waals surface area contributed by atoms with Gasteiger partial charge in [-0.05, 0) is 63.3 Å². The number of hydrogen-bond acceptors (Lipinski definition) is 5. The molecule has 3 rings (SSSR count). The molecule has 2 heterocycles. The number of carbonyl (C=O) groups excluding carboxylic acids is 3. The van der Waals surface area contributed by atoms with Crippen LogP contribution in [0.3, 0.4) is 0 Å². The Morgan fingerprint density at radius 1 is 1.11 bits per heavy atom. The molecule has 0 unspecified atom stereocenters. The van der Waals surface area contributed by atoms with Crippen LogP contribution in [0.15, 0.2) is 36.7 Å². The molecule has 0 saturated carbocycles. The molecule has 1 aliphatic heterocycles. The molecule has 9 nitrogen and oxygen atoms in total. The van der Waals surface area contributed by atoms with Gasteiger partial charge in [-0.15, -0.1) is 0 Å². The van der Waals surface area contributed by atoms with Gasteiger partial charge >= 0.3 is 0 Å². The van der Waals surface area contributed by atoms with Gasteiger partial charge in [0.1, 0.15) is 11.8 Å². The number of halogens is 1. The van der Waals surface area contributed by atoms with E-state index in [4.69, 9.17) is 16.3 Å². The van der Waals surface area contributed by atoms with Crippen molar-refractivity contribution in [3.8, 4) is 5.75 Å². The van der Waals surface area contributed by atoms with Crippen LogP contribution < -0.4 is 4.74 Å². The predicted octanol–water partition coefficient (Wildman–Crippen LogP) is 3.72. The molecule has 37 heavy (non-hydrogen) atoms. The molecule has 0 N–H and O–H groups in total. The number of hydrogen-bond donors (Lipinski definition) is 0. The Kier molecular flexibility index (Phi) is 10.8. The highest BCUT2D eigenvalue weighted by Crippen LogP contribution is 2.25. The number of nitrogens with zero attached hydrogens (tertiary/aromatic N) is 5. The zero-order chi connectivity index (χ0) is 26.8. The SMILES string of the molecule is C[C@H]1C(=O)N(C)CCCCN(C(=O)CCCn2cccn2)CCCCOc2ccc(Cl)cc2C(=O)N1C. The Morgan fingerprint density at radius 3 is 2.57 bits per heavy atom. The van der Waals surface area contributed by atoms with Gasteiger partial charge in [-0.2, -0.15) is 5.10 Å². The third kappa shape index (κ3) is 8.21. The standard InChI is InChI=1S/C27H38ClN5O4/c1-21-26(35)30(2)14-4-5-15-32(25(34)10-8-17-33-18-9-13-29-33)16-6-7-19-37-24-12-11-22(28)20-23(24)27(36)31(21)3/h9,11-13,18,20-21H,4-8,10,14-17,19H2,1-3H3/t21-/m0/s1. The summed E-state index contributed by atoms with van der Waals surface area (Å²) in [6.07, 6.45) is 7.93. The van der Waals surface area contributed by atoms with Crippen LogP contribution >= 0.6 is 11.6 Å². The molecule has 0 saturated heterocycles. The molecule has 1 aromatic carbocycles. The van der Waals surface area contributed by atoms with Crippen LogP contribution in [-0.4, -0.2) is 88.6 Å². The van der Waals surface area contributed by atoms with Crippen molar-refractivity contribution >= 4 is 29.3 Å². The van der Waals surface area contributed by atoms with Crippen molar-refractivity contribution in [3.05, 3.63) is 47.2 Å². The fourth-order valence-corrected chi connectivity index (χ4v) is 4.51. The number of fused-ring (bicyclic) bond motifs is 1. The van der Waals surface area contributed by atoms with Gasteiger partial charge in [-0.3, -0.25) is 19.1 Å². The van der Waals surface area contributed by atoms with Crippen molar-refractivity contribution < 1.29 is 19.1 Å². The van der Waals surface area contributed by atoms with Crippen molar-refractivity contribution in [1.29, 1.82) is 0 Å². The highest BCUT2D eigenvalue weighted by Gasteiger charge is 2.28. The van der Waals surface area contributed by atoms with Crippen LogP contribution in [0.25, 0.3) is 0 Å². The first-order valence-corrected chi connectivity index (χ1v) is 13.4. The maximum absolute atomic E-state index is 13.2. The molecule has 3 amide bonds. The zero-order valence-corrected chi connectivity index (χ0v) is 22.8. The van der Waals surface area contributed by atoms with Crippen molar-refractivity contribution in [2.75, 3.05) is 40.3 Å². The summed E-state index contributed by atoms with van der Waals surface area (Å²) in [5, 5.41) is 4.62. The van der Waals surface area contributed by atoms with Crippen LogP contribution in [0.2, 0.25) is 5.02 Å². The van der Waals surface area contributed by atoms with E-state index in [9.17, 15) is 14.4 Å². The van der Waals surface area contributed by atoms with Crippen LogP contribution in [-0.2, 0) is 16.1 Å². The summed E-state index contributed by atoms with van der Waals surface area (Å²) >= 11 is 6.18. The molecule has 10 heteroatoms. The average Bonchev–Trinajstić information content (AvgIpc) is 3.41. The minimum absolute atomic E-state index is 0.135. The molecule has 1 aromatic heterocycles. The summed E-state index contributed by atoms with van der Waals surface area (Å²) in [6.45, 7) is 4.69. The smallest absolute Gasteiger partial charge is 0.258 e. The summed E-state index contributed by atoms with van der Waals surface area (Å²) in [5.74, 6) is 0.112. The summed E-state index contributed by atoms with van der Waals surface area (Å²) in [4.78, 5) is 44.3. The minimum Gasteiger partial charge on any atom is -0.493 e. The number of benzene rings is 1. The first-order valence-electron chi connectivity index (χ1n) is 13.0. The number of carbonyl (C=O) groups is 3. The fourth-order valence-electron chi connectivity index (χ4n) is 4.34. The van der Waals surface area contributed by atoms with Gasteiger partial charge in [0.2, 0.25) is 11.8 Å². The lowest BCUT2D eigenvalue weighted by molar-refractivity contribution is -0.134. The monoisotopic (exact) mass is 531 g/mol. The first kappa shape index (κ1) is 28.5. The lowest BCUT2D eigenvalue weighted by Crippen LogP contribution is -2.47. The quantitative estimate of drug-likeness (QED) is 0.600. The third-order valence-corrected chi connectivity index (χ3v) is 6.98. The molecular formula is C27H38ClN5O4. The highest BCUT2D eigenvalue weighted by atomic mass is 35.5. The maximum atomic E-state index is 13.2. The van der Waals surface area contributed by atoms with Gasteiger partial charge < -0.3 is 19.4 Å². The first-order chi connectivity index (χ1) is 17.8. The van der Waals surface area contributed by atoms with E-state index in [-0.39, 0.29) is 17.7 Å². The molecule has 0 radical (unpaired) electrons. The second kappa shape index (κ2) is 14.0. The number of amides is 3. The predicted molar refractivity (Wildman–Crippen MR) is 143 cm³/mol. The van der Waals surface area contributed by atoms with Crippen molar-refractivity contribution in [2.24, 2.45) is 0 Å². The van der Waals surface area contributed by atoms with Gasteiger partial charge in [0.05, 0.1) is 12.2 Å². The van der Waals surface area contributed by atoms with E-state index >= 15 is 0 Å². The largest absolute Gasteiger partial charge is 0.493 e. The van der Waals surface area contributed by atoms with Crippen molar-refractivity contribution in [2.45, 2.75) is 58.0 Å². The second-order valence-corrected chi connectivity index (χ2v) is 9.94. The summed E-state index contributed by atoms with van der Waals surface area (Å²) in [7, 11) is 3.37. The number of rotatable bonds is 4. The summed E-state index contributed by atoms with van der Waals surface area (Å²) < 4.78 is 7.79. The van der Waals surface area contributed by atoms with E-state index in [1.54, 1.807) is 50.3 Å². The number of likely N-dealkylation sites (N-methyl/N-ethyl adjacent to an activating group) is 2. The van der Waals surface area contributed by atoms with Gasteiger partial charge in [-0.1, -0.05) is 11.6 Å². The van der Waals surface area contributed by atoms with E-state index in [0.717, 1.165) is 32.1 Å². The average molecular weight is 532 g/mol. The summed E-state index contributed by atoms with van der Waals surface area (Å²) in [5.41, 5.74) is 0.329. The van der Waals surface area contributed by atoms with E-state index in [1.165, 1.54) is 4.90 Å². The zero-order valence-electron chi connectivity index (χ0n) is 22.1. The summed E-state index contributed by atoms with van der Waals surface area (Å²) in [6, 6.07) is 6.18. The molecular weight excluding hydrogens is 494 g/mol. The Labute approximate surface area is 224 Å². The molecule has 2 aromatic rings. The fraction of sp³-hybridized carbons (Fsp3) is 0.556.